The first-order chi connectivity index (χ1) is 31.2. The minimum Gasteiger partial charge on any atom is -0.508 e. The predicted molar refractivity (Wildman–Crippen MR) is 269 cm³/mol. The molecule has 65 heavy (non-hydrogen) atoms. The zero-order valence-electron chi connectivity index (χ0n) is 39.2. The summed E-state index contributed by atoms with van der Waals surface area (Å²) in [4.78, 5) is 45.8. The maximum Gasteiger partial charge on any atom is 0.254 e. The molecule has 0 aliphatic carbocycles. The SMILES string of the molecule is C=O.Cc1cccc(C)c1C(=O)N1CCC(N2CCN(Cc3ccc(Br)cc3O)[C@@H](C)C2)CC1.Cc1cccc(C)c1C(=O)N1CCC(N2CCN[C@@H](C)C2)CC1.Oc1cccc(Br)c1. The summed E-state index contributed by atoms with van der Waals surface area (Å²) in [5.74, 6) is 1.05. The summed E-state index contributed by atoms with van der Waals surface area (Å²) >= 11 is 6.62. The largest absolute Gasteiger partial charge is 0.508 e. The van der Waals surface area contributed by atoms with Crippen LogP contribution in [-0.2, 0) is 11.3 Å². The number of amides is 2. The molecule has 4 heterocycles. The number of phenols is 2. The van der Waals surface area contributed by atoms with Gasteiger partial charge in [0.1, 0.15) is 18.3 Å². The lowest BCUT2D eigenvalue weighted by Gasteiger charge is -2.45. The smallest absolute Gasteiger partial charge is 0.254 e. The molecule has 3 N–H and O–H groups in total. The van der Waals surface area contributed by atoms with E-state index in [2.05, 4.69) is 70.6 Å². The Balaban J connectivity index is 0.000000208. The number of hydrogen-bond acceptors (Lipinski definition) is 9. The molecule has 4 aliphatic rings. The second kappa shape index (κ2) is 25.1. The van der Waals surface area contributed by atoms with Gasteiger partial charge in [0.15, 0.2) is 0 Å². The van der Waals surface area contributed by atoms with Crippen LogP contribution in [0.4, 0.5) is 0 Å². The Morgan fingerprint density at radius 3 is 1.54 bits per heavy atom. The van der Waals surface area contributed by atoms with Crippen LogP contribution in [0.3, 0.4) is 0 Å². The zero-order valence-corrected chi connectivity index (χ0v) is 42.4. The van der Waals surface area contributed by atoms with Gasteiger partial charge in [-0.25, -0.2) is 0 Å². The molecule has 4 aromatic rings. The van der Waals surface area contributed by atoms with Crippen molar-refractivity contribution >= 4 is 50.5 Å². The van der Waals surface area contributed by atoms with Crippen molar-refractivity contribution in [2.75, 3.05) is 65.4 Å². The summed E-state index contributed by atoms with van der Waals surface area (Å²) in [6.07, 6.45) is 4.28. The van der Waals surface area contributed by atoms with Crippen LogP contribution in [-0.4, -0.2) is 143 Å². The number of rotatable bonds is 6. The number of hydrogen-bond donors (Lipinski definition) is 3. The predicted octanol–water partition coefficient (Wildman–Crippen LogP) is 8.75. The van der Waals surface area contributed by atoms with Crippen LogP contribution >= 0.6 is 31.9 Å². The first-order valence-electron chi connectivity index (χ1n) is 23.1. The standard InChI is InChI=1S/C26H34BrN3O2.C19H29N3O.C6H5BrO.CH2O/c1-18-5-4-6-19(2)25(18)26(32)28-11-9-23(10-12-28)30-14-13-29(20(3)16-30)17-21-7-8-22(27)15-24(21)31;1-14-5-4-6-15(2)18(14)19(23)21-10-7-17(8-11-21)22-12-9-20-16(3)13-22;7-5-2-1-3-6(8)4-5;1-2/h4-8,15,20,23,31H,9-14,16-17H2,1-3H3;4-6,16-17,20H,7-13H2,1-3H3;1-4,8H;1H2/t20-;16-;;/m00../s1. The van der Waals surface area contributed by atoms with Crippen molar-refractivity contribution in [2.45, 2.75) is 97.9 Å². The van der Waals surface area contributed by atoms with Gasteiger partial charge >= 0.3 is 0 Å². The number of nitrogens with zero attached hydrogens (tertiary/aromatic N) is 5. The molecule has 2 atom stereocenters. The van der Waals surface area contributed by atoms with E-state index >= 15 is 0 Å². The maximum absolute atomic E-state index is 13.1. The number of halogens is 2. The van der Waals surface area contributed by atoms with Gasteiger partial charge in [0.25, 0.3) is 11.8 Å². The van der Waals surface area contributed by atoms with Gasteiger partial charge < -0.3 is 30.1 Å². The minimum atomic E-state index is 0.187. The molecule has 8 rings (SSSR count). The van der Waals surface area contributed by atoms with Crippen LogP contribution in [0, 0.1) is 27.7 Å². The lowest BCUT2D eigenvalue weighted by molar-refractivity contribution is -0.0980. The van der Waals surface area contributed by atoms with Crippen molar-refractivity contribution in [1.82, 2.24) is 29.8 Å². The fourth-order valence-corrected chi connectivity index (χ4v) is 10.5. The second-order valence-corrected chi connectivity index (χ2v) is 19.8. The van der Waals surface area contributed by atoms with Crippen LogP contribution < -0.4 is 5.32 Å². The fraction of sp³-hybridized carbons (Fsp3) is 0.481. The van der Waals surface area contributed by atoms with E-state index in [1.165, 1.54) is 0 Å². The summed E-state index contributed by atoms with van der Waals surface area (Å²) in [5, 5.41) is 22.5. The summed E-state index contributed by atoms with van der Waals surface area (Å²) < 4.78 is 1.80. The molecule has 13 heteroatoms. The maximum atomic E-state index is 13.1. The summed E-state index contributed by atoms with van der Waals surface area (Å²) in [6, 6.07) is 27.0. The Morgan fingerprint density at radius 1 is 0.631 bits per heavy atom. The average Bonchev–Trinajstić information content (AvgIpc) is 3.29. The van der Waals surface area contributed by atoms with E-state index in [9.17, 15) is 14.7 Å². The number of benzene rings is 4. The second-order valence-electron chi connectivity index (χ2n) is 18.0. The quantitative estimate of drug-likeness (QED) is 0.174. The van der Waals surface area contributed by atoms with Gasteiger partial charge in [0.05, 0.1) is 0 Å². The summed E-state index contributed by atoms with van der Waals surface area (Å²) in [6.45, 7) is 25.3. The first-order valence-corrected chi connectivity index (χ1v) is 24.6. The molecule has 0 unspecified atom stereocenters. The van der Waals surface area contributed by atoms with Crippen LogP contribution in [0.5, 0.6) is 11.5 Å². The molecule has 2 amide bonds. The molecule has 0 bridgehead atoms. The average molecular weight is 1020 g/mol. The molecule has 4 fully saturated rings. The van der Waals surface area contributed by atoms with E-state index in [1.807, 2.05) is 94.0 Å². The van der Waals surface area contributed by atoms with Crippen molar-refractivity contribution < 1.29 is 24.6 Å². The summed E-state index contributed by atoms with van der Waals surface area (Å²) in [7, 11) is 0. The van der Waals surface area contributed by atoms with Crippen LogP contribution in [0.2, 0.25) is 0 Å². The first kappa shape index (κ1) is 51.9. The highest BCUT2D eigenvalue weighted by atomic mass is 79.9. The van der Waals surface area contributed by atoms with Gasteiger partial charge in [-0.05, 0) is 120 Å². The van der Waals surface area contributed by atoms with Gasteiger partial charge in [0.2, 0.25) is 0 Å². The highest BCUT2D eigenvalue weighted by Gasteiger charge is 2.33. The molecule has 0 saturated carbocycles. The third-order valence-corrected chi connectivity index (χ3v) is 14.3. The van der Waals surface area contributed by atoms with Crippen molar-refractivity contribution in [3.05, 3.63) is 127 Å². The molecule has 0 radical (unpaired) electrons. The number of likely N-dealkylation sites (tertiary alicyclic amines) is 2. The van der Waals surface area contributed by atoms with Crippen molar-refractivity contribution in [2.24, 2.45) is 0 Å². The number of piperazine rings is 2. The van der Waals surface area contributed by atoms with Gasteiger partial charge in [0, 0.05) is 122 Å². The Kier molecular flexibility index (Phi) is 20.1. The molecule has 11 nitrogen and oxygen atoms in total. The monoisotopic (exact) mass is 1020 g/mol. The lowest BCUT2D eigenvalue weighted by Crippen LogP contribution is -2.56. The van der Waals surface area contributed by atoms with Gasteiger partial charge in [-0.3, -0.25) is 24.3 Å². The number of aryl methyl sites for hydroxylation is 4. The zero-order chi connectivity index (χ0) is 47.2. The highest BCUT2D eigenvalue weighted by molar-refractivity contribution is 9.10. The molecule has 352 valence electrons. The van der Waals surface area contributed by atoms with E-state index < -0.39 is 0 Å². The van der Waals surface area contributed by atoms with E-state index in [0.717, 1.165) is 146 Å². The minimum absolute atomic E-state index is 0.187. The van der Waals surface area contributed by atoms with Crippen LogP contribution in [0.15, 0.2) is 87.8 Å². The van der Waals surface area contributed by atoms with E-state index in [-0.39, 0.29) is 11.8 Å². The van der Waals surface area contributed by atoms with Gasteiger partial charge in [-0.2, -0.15) is 0 Å². The third kappa shape index (κ3) is 14.4. The molecule has 4 aliphatic heterocycles. The molecule has 0 spiro atoms. The Bertz CT molecular complexity index is 2120. The van der Waals surface area contributed by atoms with Crippen molar-refractivity contribution in [1.29, 1.82) is 0 Å². The molecular weight excluding hydrogens is 948 g/mol. The summed E-state index contributed by atoms with van der Waals surface area (Å²) in [5.41, 5.74) is 7.08. The molecule has 4 aromatic carbocycles. The van der Waals surface area contributed by atoms with E-state index in [1.54, 1.807) is 24.3 Å². The Hall–Kier alpha value is -4.11. The number of carbonyl (C=O) groups excluding carboxylic acids is 3. The third-order valence-electron chi connectivity index (χ3n) is 13.4. The van der Waals surface area contributed by atoms with Crippen LogP contribution in [0.25, 0.3) is 0 Å². The Labute approximate surface area is 404 Å². The van der Waals surface area contributed by atoms with E-state index in [4.69, 9.17) is 9.90 Å². The normalized spacial score (nSPS) is 20.1. The van der Waals surface area contributed by atoms with E-state index in [0.29, 0.717) is 35.7 Å². The van der Waals surface area contributed by atoms with Gasteiger partial charge in [-0.1, -0.05) is 80.4 Å². The lowest BCUT2D eigenvalue weighted by atomic mass is 9.97. The molecule has 4 saturated heterocycles. The number of aromatic hydroxyl groups is 2. The Morgan fingerprint density at radius 2 is 1.11 bits per heavy atom. The number of phenolic OH excluding ortho intramolecular Hbond substituents is 2. The number of piperidine rings is 2. The fourth-order valence-electron chi connectivity index (χ4n) is 9.74. The highest BCUT2D eigenvalue weighted by Crippen LogP contribution is 2.28. The van der Waals surface area contributed by atoms with Crippen LogP contribution in [0.1, 0.15) is 88.1 Å². The molecule has 0 aromatic heterocycles. The van der Waals surface area contributed by atoms with Gasteiger partial charge in [-0.15, -0.1) is 0 Å². The number of carbonyl (C=O) groups is 3. The molecular formula is C52H70Br2N6O5. The topological polar surface area (TPSA) is 120 Å². The van der Waals surface area contributed by atoms with Crippen molar-refractivity contribution in [3.8, 4) is 11.5 Å². The number of nitrogens with one attached hydrogen (secondary N) is 1. The van der Waals surface area contributed by atoms with Crippen molar-refractivity contribution in [3.63, 3.8) is 0 Å².